The van der Waals surface area contributed by atoms with Crippen molar-refractivity contribution in [1.29, 1.82) is 0 Å². The minimum Gasteiger partial charge on any atom is -0.508 e. The summed E-state index contributed by atoms with van der Waals surface area (Å²) in [5.41, 5.74) is 0.137. The average Bonchev–Trinajstić information content (AvgIpc) is 2.59. The zero-order valence-corrected chi connectivity index (χ0v) is 13.4. The third-order valence-corrected chi connectivity index (χ3v) is 4.01. The van der Waals surface area contributed by atoms with E-state index in [1.807, 2.05) is 0 Å². The van der Waals surface area contributed by atoms with E-state index in [0.29, 0.717) is 11.3 Å². The van der Waals surface area contributed by atoms with Gasteiger partial charge in [0.15, 0.2) is 17.3 Å². The first-order valence-corrected chi connectivity index (χ1v) is 7.30. The lowest BCUT2D eigenvalue weighted by molar-refractivity contribution is 0.0830. The van der Waals surface area contributed by atoms with Crippen molar-refractivity contribution in [3.63, 3.8) is 0 Å². The van der Waals surface area contributed by atoms with Crippen LogP contribution < -0.4 is 14.2 Å². The summed E-state index contributed by atoms with van der Waals surface area (Å²) in [6.45, 7) is 0. The molecule has 0 spiro atoms. The maximum Gasteiger partial charge on any atom is 0.208 e. The lowest BCUT2D eigenvalue weighted by Crippen LogP contribution is -2.21. The number of fused-ring (bicyclic) bond motifs is 1. The van der Waals surface area contributed by atoms with Gasteiger partial charge in [-0.05, 0) is 18.2 Å². The summed E-state index contributed by atoms with van der Waals surface area (Å²) in [7, 11) is 2.66. The first-order chi connectivity index (χ1) is 11.9. The van der Waals surface area contributed by atoms with E-state index in [1.165, 1.54) is 32.4 Å². The van der Waals surface area contributed by atoms with E-state index >= 15 is 0 Å². The molecule has 0 radical (unpaired) electrons. The molecule has 132 valence electrons. The van der Waals surface area contributed by atoms with Crippen LogP contribution in [0, 0.1) is 0 Å². The number of phenolic OH excluding ortho intramolecular Hbond substituents is 4. The molecule has 1 unspecified atom stereocenters. The molecular formula is C17H16O8. The molecule has 3 rings (SSSR count). The highest BCUT2D eigenvalue weighted by atomic mass is 16.5. The van der Waals surface area contributed by atoms with E-state index < -0.39 is 29.1 Å². The van der Waals surface area contributed by atoms with E-state index in [9.17, 15) is 25.2 Å². The summed E-state index contributed by atoms with van der Waals surface area (Å²) < 4.78 is 16.0. The number of phenols is 4. The van der Waals surface area contributed by atoms with Crippen molar-refractivity contribution in [2.75, 3.05) is 14.2 Å². The number of benzene rings is 2. The molecule has 0 aromatic heterocycles. The Hall–Kier alpha value is -3.29. The van der Waals surface area contributed by atoms with E-state index in [0.717, 1.165) is 0 Å². The summed E-state index contributed by atoms with van der Waals surface area (Å²) in [4.78, 5) is 12.5. The van der Waals surface area contributed by atoms with Crippen molar-refractivity contribution < 1.29 is 39.4 Å². The van der Waals surface area contributed by atoms with Gasteiger partial charge in [0.1, 0.15) is 23.2 Å². The van der Waals surface area contributed by atoms with Gasteiger partial charge in [0.25, 0.3) is 0 Å². The Kier molecular flexibility index (Phi) is 3.96. The van der Waals surface area contributed by atoms with E-state index in [2.05, 4.69) is 0 Å². The smallest absolute Gasteiger partial charge is 0.208 e. The van der Waals surface area contributed by atoms with Crippen LogP contribution in [0.5, 0.6) is 40.2 Å². The molecule has 25 heavy (non-hydrogen) atoms. The molecule has 8 nitrogen and oxygen atoms in total. The van der Waals surface area contributed by atoms with Crippen LogP contribution >= 0.6 is 0 Å². The number of hydrogen-bond acceptors (Lipinski definition) is 8. The second-order valence-electron chi connectivity index (χ2n) is 5.44. The van der Waals surface area contributed by atoms with E-state index in [1.54, 1.807) is 0 Å². The van der Waals surface area contributed by atoms with Gasteiger partial charge in [-0.15, -0.1) is 0 Å². The molecule has 0 amide bonds. The summed E-state index contributed by atoms with van der Waals surface area (Å²) >= 11 is 0. The van der Waals surface area contributed by atoms with Crippen LogP contribution in [0.3, 0.4) is 0 Å². The minimum absolute atomic E-state index is 0.0407. The molecule has 0 aliphatic carbocycles. The maximum atomic E-state index is 12.5. The molecule has 2 aromatic carbocycles. The van der Waals surface area contributed by atoms with Gasteiger partial charge in [0.05, 0.1) is 20.6 Å². The molecule has 4 N–H and O–H groups in total. The van der Waals surface area contributed by atoms with E-state index in [4.69, 9.17) is 14.2 Å². The summed E-state index contributed by atoms with van der Waals surface area (Å²) in [6.07, 6.45) is -1.02. The van der Waals surface area contributed by atoms with Crippen molar-refractivity contribution in [3.05, 3.63) is 29.3 Å². The van der Waals surface area contributed by atoms with Gasteiger partial charge in [-0.25, -0.2) is 0 Å². The second kappa shape index (κ2) is 5.97. The quantitative estimate of drug-likeness (QED) is 0.622. The van der Waals surface area contributed by atoms with Crippen LogP contribution in [0.1, 0.15) is 28.4 Å². The molecule has 0 bridgehead atoms. The van der Waals surface area contributed by atoms with Crippen LogP contribution in [-0.2, 0) is 0 Å². The van der Waals surface area contributed by atoms with Crippen LogP contribution in [0.15, 0.2) is 18.2 Å². The fraction of sp³-hybridized carbons (Fsp3) is 0.235. The third kappa shape index (κ3) is 2.51. The molecule has 0 fully saturated rings. The minimum atomic E-state index is -0.860. The lowest BCUT2D eigenvalue weighted by Gasteiger charge is -2.28. The number of carbonyl (C=O) groups excluding carboxylic acids is 1. The van der Waals surface area contributed by atoms with Crippen LogP contribution in [0.4, 0.5) is 0 Å². The number of ether oxygens (including phenoxy) is 3. The molecule has 8 heteroatoms. The number of hydrogen-bond donors (Lipinski definition) is 4. The number of methoxy groups -OCH3 is 2. The highest BCUT2D eigenvalue weighted by molar-refractivity contribution is 6.05. The Balaban J connectivity index is 2.16. The zero-order chi connectivity index (χ0) is 18.3. The highest BCUT2D eigenvalue weighted by Crippen LogP contribution is 2.55. The summed E-state index contributed by atoms with van der Waals surface area (Å²) in [6, 6.07) is 4.35. The Morgan fingerprint density at radius 3 is 2.40 bits per heavy atom. The van der Waals surface area contributed by atoms with Crippen LogP contribution in [0.25, 0.3) is 0 Å². The fourth-order valence-electron chi connectivity index (χ4n) is 2.83. The molecule has 0 saturated carbocycles. The Bertz CT molecular complexity index is 858. The van der Waals surface area contributed by atoms with Gasteiger partial charge in [-0.2, -0.15) is 0 Å². The summed E-state index contributed by atoms with van der Waals surface area (Å²) in [5.74, 6) is -3.02. The average molecular weight is 348 g/mol. The molecule has 2 aromatic rings. The lowest BCUT2D eigenvalue weighted by atomic mass is 9.94. The summed E-state index contributed by atoms with van der Waals surface area (Å²) in [5, 5.41) is 39.4. The zero-order valence-electron chi connectivity index (χ0n) is 13.4. The fourth-order valence-corrected chi connectivity index (χ4v) is 2.83. The molecular weight excluding hydrogens is 332 g/mol. The molecule has 1 atom stereocenters. The predicted octanol–water partition coefficient (Wildman–Crippen LogP) is 2.23. The third-order valence-electron chi connectivity index (χ3n) is 4.01. The monoisotopic (exact) mass is 348 g/mol. The van der Waals surface area contributed by atoms with Gasteiger partial charge in [-0.3, -0.25) is 4.79 Å². The second-order valence-corrected chi connectivity index (χ2v) is 5.44. The first kappa shape index (κ1) is 16.6. The Morgan fingerprint density at radius 2 is 1.76 bits per heavy atom. The molecule has 1 aliphatic heterocycles. The van der Waals surface area contributed by atoms with Crippen molar-refractivity contribution >= 4 is 5.78 Å². The van der Waals surface area contributed by atoms with Gasteiger partial charge >= 0.3 is 0 Å². The largest absolute Gasteiger partial charge is 0.508 e. The Morgan fingerprint density at radius 1 is 1.04 bits per heavy atom. The first-order valence-electron chi connectivity index (χ1n) is 7.30. The number of Topliss-reactive ketones (excluding diaryl/α,β-unsaturated/α-hetero) is 1. The SMILES string of the molecule is COc1ccc(O)cc1C1CC(=O)c2c(O)c(O)c(O)c(OC)c2O1. The van der Waals surface area contributed by atoms with Gasteiger partial charge in [-0.1, -0.05) is 0 Å². The maximum absolute atomic E-state index is 12.5. The van der Waals surface area contributed by atoms with E-state index in [-0.39, 0.29) is 29.2 Å². The standard InChI is InChI=1S/C17H16O8/c1-23-10-4-3-7(18)5-8(10)11-6-9(19)12-13(20)14(21)15(22)17(24-2)16(12)25-11/h3-5,11,18,20-22H,6H2,1-2H3. The number of aromatic hydroxyl groups is 4. The normalized spacial score (nSPS) is 16.1. The predicted molar refractivity (Wildman–Crippen MR) is 85.0 cm³/mol. The van der Waals surface area contributed by atoms with Gasteiger partial charge in [0, 0.05) is 5.56 Å². The topological polar surface area (TPSA) is 126 Å². The van der Waals surface area contributed by atoms with Gasteiger partial charge < -0.3 is 34.6 Å². The van der Waals surface area contributed by atoms with Crippen molar-refractivity contribution in [3.8, 4) is 40.2 Å². The molecule has 1 aliphatic rings. The van der Waals surface area contributed by atoms with Crippen molar-refractivity contribution in [2.45, 2.75) is 12.5 Å². The van der Waals surface area contributed by atoms with Crippen molar-refractivity contribution in [2.24, 2.45) is 0 Å². The highest BCUT2D eigenvalue weighted by Gasteiger charge is 2.37. The van der Waals surface area contributed by atoms with Crippen LogP contribution in [-0.4, -0.2) is 40.4 Å². The van der Waals surface area contributed by atoms with Gasteiger partial charge in [0.2, 0.25) is 17.2 Å². The molecule has 0 saturated heterocycles. The number of ketones is 1. The van der Waals surface area contributed by atoms with Crippen LogP contribution in [0.2, 0.25) is 0 Å². The number of carbonyl (C=O) groups is 1. The molecule has 1 heterocycles. The Labute approximate surface area is 142 Å². The number of rotatable bonds is 3. The van der Waals surface area contributed by atoms with Crippen molar-refractivity contribution in [1.82, 2.24) is 0 Å².